The molecule has 1 aromatic heterocycles. The van der Waals surface area contributed by atoms with Gasteiger partial charge < -0.3 is 9.15 Å². The van der Waals surface area contributed by atoms with Gasteiger partial charge in [-0.25, -0.2) is 0 Å². The van der Waals surface area contributed by atoms with Crippen molar-refractivity contribution in [2.75, 3.05) is 6.61 Å². The largest absolute Gasteiger partial charge is 0.494 e. The summed E-state index contributed by atoms with van der Waals surface area (Å²) in [5, 5.41) is 8.60. The molecule has 0 amide bonds. The molecule has 3 rings (SSSR count). The van der Waals surface area contributed by atoms with Crippen LogP contribution >= 0.6 is 23.4 Å². The van der Waals surface area contributed by atoms with Gasteiger partial charge >= 0.3 is 0 Å². The molecule has 0 spiro atoms. The summed E-state index contributed by atoms with van der Waals surface area (Å²) in [6.07, 6.45) is 0. The van der Waals surface area contributed by atoms with Crippen LogP contribution in [0.3, 0.4) is 0 Å². The maximum absolute atomic E-state index is 12.6. The summed E-state index contributed by atoms with van der Waals surface area (Å²) in [5.74, 6) is 1.10. The number of aromatic nitrogens is 2. The maximum Gasteiger partial charge on any atom is 0.277 e. The highest BCUT2D eigenvalue weighted by Gasteiger charge is 2.20. The molecule has 134 valence electrons. The minimum atomic E-state index is -0.361. The second-order valence-electron chi connectivity index (χ2n) is 5.47. The number of rotatable bonds is 7. The van der Waals surface area contributed by atoms with Crippen molar-refractivity contribution < 1.29 is 13.9 Å². The van der Waals surface area contributed by atoms with Crippen molar-refractivity contribution in [3.8, 4) is 17.2 Å². The number of nitrogens with zero attached hydrogens (tertiary/aromatic N) is 2. The van der Waals surface area contributed by atoms with Crippen LogP contribution in [0.1, 0.15) is 24.2 Å². The number of benzene rings is 2. The number of halogens is 1. The molecule has 0 aliphatic heterocycles. The summed E-state index contributed by atoms with van der Waals surface area (Å²) in [7, 11) is 0. The smallest absolute Gasteiger partial charge is 0.277 e. The molecule has 5 nitrogen and oxygen atoms in total. The van der Waals surface area contributed by atoms with Crippen LogP contribution in [0.2, 0.25) is 5.02 Å². The molecule has 0 bridgehead atoms. The predicted molar refractivity (Wildman–Crippen MR) is 102 cm³/mol. The number of hydrogen-bond donors (Lipinski definition) is 0. The fourth-order valence-electron chi connectivity index (χ4n) is 2.32. The Morgan fingerprint density at radius 1 is 1.23 bits per heavy atom. The Kier molecular flexibility index (Phi) is 5.96. The molecule has 0 saturated carbocycles. The number of ether oxygens (including phenoxy) is 1. The molecule has 2 aromatic carbocycles. The Hall–Kier alpha value is -2.31. The van der Waals surface area contributed by atoms with Gasteiger partial charge in [-0.15, -0.1) is 10.2 Å². The van der Waals surface area contributed by atoms with Gasteiger partial charge in [0.25, 0.3) is 5.22 Å². The van der Waals surface area contributed by atoms with Crippen LogP contribution in [-0.4, -0.2) is 27.8 Å². The van der Waals surface area contributed by atoms with Crippen molar-refractivity contribution in [1.82, 2.24) is 10.2 Å². The SMILES string of the molecule is CCOc1ccc(C(=O)[C@H](C)Sc2nnc(-c3cccc(Cl)c3)o2)cc1. The monoisotopic (exact) mass is 388 g/mol. The zero-order valence-corrected chi connectivity index (χ0v) is 15.9. The molecular formula is C19H17ClN2O3S. The van der Waals surface area contributed by atoms with E-state index in [9.17, 15) is 4.79 Å². The van der Waals surface area contributed by atoms with E-state index in [0.29, 0.717) is 28.3 Å². The minimum Gasteiger partial charge on any atom is -0.494 e. The first-order valence-corrected chi connectivity index (χ1v) is 9.35. The van der Waals surface area contributed by atoms with E-state index in [1.807, 2.05) is 26.0 Å². The third-order valence-corrected chi connectivity index (χ3v) is 4.74. The molecule has 0 aliphatic carbocycles. The van der Waals surface area contributed by atoms with Gasteiger partial charge in [-0.1, -0.05) is 29.4 Å². The number of ketones is 1. The van der Waals surface area contributed by atoms with E-state index in [2.05, 4.69) is 10.2 Å². The third kappa shape index (κ3) is 4.45. The van der Waals surface area contributed by atoms with Crippen molar-refractivity contribution >= 4 is 29.1 Å². The first-order valence-electron chi connectivity index (χ1n) is 8.10. The zero-order valence-electron chi connectivity index (χ0n) is 14.3. The highest BCUT2D eigenvalue weighted by atomic mass is 35.5. The van der Waals surface area contributed by atoms with E-state index >= 15 is 0 Å². The van der Waals surface area contributed by atoms with Crippen LogP contribution in [0, 0.1) is 0 Å². The summed E-state index contributed by atoms with van der Waals surface area (Å²) in [5.41, 5.74) is 1.35. The Morgan fingerprint density at radius 2 is 2.00 bits per heavy atom. The highest BCUT2D eigenvalue weighted by Crippen LogP contribution is 2.29. The fraction of sp³-hybridized carbons (Fsp3) is 0.211. The van der Waals surface area contributed by atoms with E-state index < -0.39 is 0 Å². The lowest BCUT2D eigenvalue weighted by molar-refractivity contribution is 0.0993. The average Bonchev–Trinajstić information content (AvgIpc) is 3.10. The average molecular weight is 389 g/mol. The third-order valence-electron chi connectivity index (χ3n) is 3.57. The second kappa shape index (κ2) is 8.38. The fourth-order valence-corrected chi connectivity index (χ4v) is 3.27. The normalized spacial score (nSPS) is 12.0. The van der Waals surface area contributed by atoms with Gasteiger partial charge in [0.05, 0.1) is 11.9 Å². The summed E-state index contributed by atoms with van der Waals surface area (Å²) in [4.78, 5) is 12.6. The molecule has 0 unspecified atom stereocenters. The quantitative estimate of drug-likeness (QED) is 0.412. The molecule has 0 radical (unpaired) electrons. The van der Waals surface area contributed by atoms with Crippen LogP contribution in [0.4, 0.5) is 0 Å². The maximum atomic E-state index is 12.6. The Labute approximate surface area is 160 Å². The van der Waals surface area contributed by atoms with E-state index in [4.69, 9.17) is 20.8 Å². The molecular weight excluding hydrogens is 372 g/mol. The van der Waals surface area contributed by atoms with Crippen LogP contribution in [0.5, 0.6) is 5.75 Å². The van der Waals surface area contributed by atoms with Crippen molar-refractivity contribution in [2.24, 2.45) is 0 Å². The molecule has 0 aliphatic rings. The standard InChI is InChI=1S/C19H17ClN2O3S/c1-3-24-16-9-7-13(8-10-16)17(23)12(2)26-19-22-21-18(25-19)14-5-4-6-15(20)11-14/h4-12H,3H2,1-2H3/t12-/m0/s1. The topological polar surface area (TPSA) is 65.2 Å². The van der Waals surface area contributed by atoms with Crippen LogP contribution < -0.4 is 4.74 Å². The number of hydrogen-bond acceptors (Lipinski definition) is 6. The van der Waals surface area contributed by atoms with Gasteiger partial charge in [0, 0.05) is 16.1 Å². The van der Waals surface area contributed by atoms with Gasteiger partial charge in [0.1, 0.15) is 5.75 Å². The van der Waals surface area contributed by atoms with Crippen LogP contribution in [0.25, 0.3) is 11.5 Å². The van der Waals surface area contributed by atoms with Gasteiger partial charge in [-0.05, 0) is 56.3 Å². The highest BCUT2D eigenvalue weighted by molar-refractivity contribution is 8.00. The van der Waals surface area contributed by atoms with Crippen molar-refractivity contribution in [2.45, 2.75) is 24.3 Å². The van der Waals surface area contributed by atoms with Crippen LogP contribution in [0.15, 0.2) is 58.2 Å². The van der Waals surface area contributed by atoms with Gasteiger partial charge in [0.2, 0.25) is 5.89 Å². The van der Waals surface area contributed by atoms with E-state index in [0.717, 1.165) is 11.3 Å². The lowest BCUT2D eigenvalue weighted by Crippen LogP contribution is -2.13. The van der Waals surface area contributed by atoms with Crippen molar-refractivity contribution in [3.05, 3.63) is 59.1 Å². The Bertz CT molecular complexity index is 896. The van der Waals surface area contributed by atoms with Crippen molar-refractivity contribution in [1.29, 1.82) is 0 Å². The Balaban J connectivity index is 1.67. The molecule has 7 heteroatoms. The second-order valence-corrected chi connectivity index (χ2v) is 7.19. The van der Waals surface area contributed by atoms with E-state index in [1.54, 1.807) is 36.4 Å². The van der Waals surface area contributed by atoms with Gasteiger partial charge in [-0.2, -0.15) is 0 Å². The molecule has 0 N–H and O–H groups in total. The number of Topliss-reactive ketones (excluding diaryl/α,β-unsaturated/α-hetero) is 1. The lowest BCUT2D eigenvalue weighted by Gasteiger charge is -2.08. The van der Waals surface area contributed by atoms with E-state index in [-0.39, 0.29) is 11.0 Å². The molecule has 0 saturated heterocycles. The molecule has 26 heavy (non-hydrogen) atoms. The molecule has 1 atom stereocenters. The zero-order chi connectivity index (χ0) is 18.5. The van der Waals surface area contributed by atoms with Gasteiger partial charge in [0.15, 0.2) is 5.78 Å². The molecule has 1 heterocycles. The van der Waals surface area contributed by atoms with Crippen LogP contribution in [-0.2, 0) is 0 Å². The minimum absolute atomic E-state index is 0.0134. The first kappa shape index (κ1) is 18.5. The summed E-state index contributed by atoms with van der Waals surface area (Å²) >= 11 is 7.20. The summed E-state index contributed by atoms with van der Waals surface area (Å²) in [6.45, 7) is 4.32. The first-order chi connectivity index (χ1) is 12.6. The van der Waals surface area contributed by atoms with Gasteiger partial charge in [-0.3, -0.25) is 4.79 Å². The van der Waals surface area contributed by atoms with Crippen molar-refractivity contribution in [3.63, 3.8) is 0 Å². The molecule has 3 aromatic rings. The number of carbonyl (C=O) groups excluding carboxylic acids is 1. The summed E-state index contributed by atoms with van der Waals surface area (Å²) < 4.78 is 11.0. The number of thioether (sulfide) groups is 1. The Morgan fingerprint density at radius 3 is 2.69 bits per heavy atom. The predicted octanol–water partition coefficient (Wildman–Crippen LogP) is 5.15. The van der Waals surface area contributed by atoms with E-state index in [1.165, 1.54) is 11.8 Å². The molecule has 0 fully saturated rings. The summed E-state index contributed by atoms with van der Waals surface area (Å²) in [6, 6.07) is 14.3. The number of carbonyl (C=O) groups is 1. The lowest BCUT2D eigenvalue weighted by atomic mass is 10.1.